The van der Waals surface area contributed by atoms with Crippen molar-refractivity contribution in [2.75, 3.05) is 0 Å². The molecule has 0 radical (unpaired) electrons. The van der Waals surface area contributed by atoms with Crippen LogP contribution >= 0.6 is 0 Å². The summed E-state index contributed by atoms with van der Waals surface area (Å²) in [4.78, 5) is 13.4. The van der Waals surface area contributed by atoms with Crippen LogP contribution in [0.15, 0.2) is 67.4 Å². The first-order valence-electron chi connectivity index (χ1n) is 7.88. The van der Waals surface area contributed by atoms with Crippen molar-refractivity contribution >= 4 is 27.3 Å². The first-order valence-corrected chi connectivity index (χ1v) is 7.88. The van der Waals surface area contributed by atoms with Gasteiger partial charge in [-0.15, -0.1) is 0 Å². The molecule has 114 valence electrons. The average molecular weight is 310 g/mol. The summed E-state index contributed by atoms with van der Waals surface area (Å²) in [6, 6.07) is 12.7. The van der Waals surface area contributed by atoms with Gasteiger partial charge in [-0.3, -0.25) is 14.4 Å². The van der Waals surface area contributed by atoms with Crippen LogP contribution in [0, 0.1) is 6.92 Å². The maximum Gasteiger partial charge on any atom is 0.145 e. The Morgan fingerprint density at radius 2 is 1.79 bits per heavy atom. The van der Waals surface area contributed by atoms with Crippen LogP contribution in [-0.4, -0.2) is 19.4 Å². The van der Waals surface area contributed by atoms with Crippen molar-refractivity contribution in [2.45, 2.75) is 6.92 Å². The first-order chi connectivity index (χ1) is 11.8. The number of nitrogens with zero attached hydrogens (tertiary/aromatic N) is 4. The van der Waals surface area contributed by atoms with Crippen molar-refractivity contribution in [3.63, 3.8) is 0 Å². The Bertz CT molecular complexity index is 1210. The molecule has 0 spiro atoms. The topological polar surface area (TPSA) is 43.1 Å². The number of pyridine rings is 1. The number of rotatable bonds is 1. The van der Waals surface area contributed by atoms with E-state index >= 15 is 0 Å². The molecule has 3 heterocycles. The van der Waals surface area contributed by atoms with Crippen LogP contribution in [0.2, 0.25) is 0 Å². The fourth-order valence-corrected chi connectivity index (χ4v) is 3.52. The second-order valence-electron chi connectivity index (χ2n) is 5.91. The molecule has 0 amide bonds. The van der Waals surface area contributed by atoms with Crippen LogP contribution < -0.4 is 0 Å². The maximum atomic E-state index is 4.59. The molecule has 0 saturated carbocycles. The molecule has 0 aliphatic carbocycles. The van der Waals surface area contributed by atoms with Crippen molar-refractivity contribution in [1.29, 1.82) is 0 Å². The van der Waals surface area contributed by atoms with Crippen molar-refractivity contribution in [2.24, 2.45) is 0 Å². The van der Waals surface area contributed by atoms with Gasteiger partial charge < -0.3 is 0 Å². The van der Waals surface area contributed by atoms with Crippen LogP contribution in [-0.2, 0) is 0 Å². The standard InChI is InChI=1S/C20H14N4/c1-13-6-7-15-19(18(13)16-12-21-8-9-22-16)14-4-2-3-5-17(14)24-11-10-23-20(15)24/h2-12H,1H3. The molecule has 0 aliphatic heterocycles. The Morgan fingerprint density at radius 3 is 2.67 bits per heavy atom. The largest absolute Gasteiger partial charge is 0.299 e. The molecule has 0 atom stereocenters. The summed E-state index contributed by atoms with van der Waals surface area (Å²) in [5, 5.41) is 3.51. The minimum Gasteiger partial charge on any atom is -0.299 e. The number of hydrogen-bond acceptors (Lipinski definition) is 3. The zero-order valence-corrected chi connectivity index (χ0v) is 13.1. The Labute approximate surface area is 138 Å². The normalized spacial score (nSPS) is 11.5. The summed E-state index contributed by atoms with van der Waals surface area (Å²) in [5.74, 6) is 0. The van der Waals surface area contributed by atoms with Crippen molar-refractivity contribution in [3.8, 4) is 11.3 Å². The van der Waals surface area contributed by atoms with Gasteiger partial charge >= 0.3 is 0 Å². The number of fused-ring (bicyclic) bond motifs is 6. The molecule has 0 fully saturated rings. The van der Waals surface area contributed by atoms with Gasteiger partial charge in [-0.2, -0.15) is 0 Å². The van der Waals surface area contributed by atoms with Gasteiger partial charge in [-0.25, -0.2) is 4.98 Å². The van der Waals surface area contributed by atoms with Gasteiger partial charge in [-0.1, -0.05) is 30.3 Å². The highest BCUT2D eigenvalue weighted by Gasteiger charge is 2.15. The minimum atomic E-state index is 0.890. The molecule has 0 N–H and O–H groups in total. The smallest absolute Gasteiger partial charge is 0.145 e. The van der Waals surface area contributed by atoms with Crippen LogP contribution in [0.5, 0.6) is 0 Å². The van der Waals surface area contributed by atoms with Gasteiger partial charge in [0, 0.05) is 46.5 Å². The summed E-state index contributed by atoms with van der Waals surface area (Å²) in [6.45, 7) is 2.12. The highest BCUT2D eigenvalue weighted by Crippen LogP contribution is 2.37. The Balaban J connectivity index is 2.11. The van der Waals surface area contributed by atoms with Gasteiger partial charge in [0.2, 0.25) is 0 Å². The third kappa shape index (κ3) is 1.71. The number of imidazole rings is 1. The van der Waals surface area contributed by atoms with Gasteiger partial charge in [0.25, 0.3) is 0 Å². The monoisotopic (exact) mass is 310 g/mol. The van der Waals surface area contributed by atoms with Gasteiger partial charge in [-0.05, 0) is 18.6 Å². The zero-order chi connectivity index (χ0) is 16.1. The molecular formula is C20H14N4. The fraction of sp³-hybridized carbons (Fsp3) is 0.0500. The summed E-state index contributed by atoms with van der Waals surface area (Å²) in [7, 11) is 0. The molecule has 5 aromatic rings. The van der Waals surface area contributed by atoms with E-state index in [4.69, 9.17) is 0 Å². The number of aryl methyl sites for hydroxylation is 1. The number of hydrogen-bond donors (Lipinski definition) is 0. The van der Waals surface area contributed by atoms with Gasteiger partial charge in [0.1, 0.15) is 5.65 Å². The second-order valence-corrected chi connectivity index (χ2v) is 5.91. The Kier molecular flexibility index (Phi) is 2.67. The van der Waals surface area contributed by atoms with Crippen molar-refractivity contribution in [3.05, 3.63) is 72.9 Å². The predicted molar refractivity (Wildman–Crippen MR) is 96.0 cm³/mol. The lowest BCUT2D eigenvalue weighted by Crippen LogP contribution is -1.95. The van der Waals surface area contributed by atoms with E-state index in [0.29, 0.717) is 0 Å². The van der Waals surface area contributed by atoms with Crippen LogP contribution in [0.4, 0.5) is 0 Å². The van der Waals surface area contributed by atoms with E-state index in [9.17, 15) is 0 Å². The number of para-hydroxylation sites is 1. The highest BCUT2D eigenvalue weighted by atomic mass is 15.0. The lowest BCUT2D eigenvalue weighted by atomic mass is 9.95. The molecular weight excluding hydrogens is 296 g/mol. The van der Waals surface area contributed by atoms with Crippen LogP contribution in [0.25, 0.3) is 38.6 Å². The van der Waals surface area contributed by atoms with E-state index in [1.807, 2.05) is 18.6 Å². The van der Waals surface area contributed by atoms with E-state index in [2.05, 4.69) is 62.7 Å². The molecule has 0 saturated heterocycles. The predicted octanol–water partition coefficient (Wildman–Crippen LogP) is 4.41. The summed E-state index contributed by atoms with van der Waals surface area (Å²) in [6.07, 6.45) is 9.13. The highest BCUT2D eigenvalue weighted by molar-refractivity contribution is 6.17. The van der Waals surface area contributed by atoms with Crippen molar-refractivity contribution < 1.29 is 0 Å². The summed E-state index contributed by atoms with van der Waals surface area (Å²) in [5.41, 5.74) is 5.31. The minimum absolute atomic E-state index is 0.890. The third-order valence-corrected chi connectivity index (χ3v) is 4.55. The third-order valence-electron chi connectivity index (χ3n) is 4.55. The molecule has 4 heteroatoms. The van der Waals surface area contributed by atoms with E-state index < -0.39 is 0 Å². The van der Waals surface area contributed by atoms with E-state index in [1.54, 1.807) is 12.4 Å². The van der Waals surface area contributed by atoms with E-state index in [1.165, 1.54) is 16.3 Å². The number of benzene rings is 2. The quantitative estimate of drug-likeness (QED) is 0.431. The summed E-state index contributed by atoms with van der Waals surface area (Å²) >= 11 is 0. The lowest BCUT2D eigenvalue weighted by molar-refractivity contribution is 1.20. The lowest BCUT2D eigenvalue weighted by Gasteiger charge is -2.14. The molecule has 0 aliphatic rings. The molecule has 5 rings (SSSR count). The second kappa shape index (κ2) is 4.86. The number of aromatic nitrogens is 4. The van der Waals surface area contributed by atoms with Crippen molar-refractivity contribution in [1.82, 2.24) is 19.4 Å². The van der Waals surface area contributed by atoms with Gasteiger partial charge in [0.05, 0.1) is 17.4 Å². The maximum absolute atomic E-state index is 4.59. The molecule has 4 nitrogen and oxygen atoms in total. The Hall–Kier alpha value is -3.27. The molecule has 0 bridgehead atoms. The first kappa shape index (κ1) is 13.2. The van der Waals surface area contributed by atoms with Crippen LogP contribution in [0.3, 0.4) is 0 Å². The fourth-order valence-electron chi connectivity index (χ4n) is 3.52. The SMILES string of the molecule is Cc1ccc2c(c1-c1cnccn1)c1ccccc1n1ccnc21. The molecule has 2 aromatic carbocycles. The van der Waals surface area contributed by atoms with Gasteiger partial charge in [0.15, 0.2) is 0 Å². The average Bonchev–Trinajstić information content (AvgIpc) is 3.12. The molecule has 3 aromatic heterocycles. The molecule has 24 heavy (non-hydrogen) atoms. The Morgan fingerprint density at radius 1 is 0.875 bits per heavy atom. The van der Waals surface area contributed by atoms with Crippen LogP contribution in [0.1, 0.15) is 5.56 Å². The van der Waals surface area contributed by atoms with E-state index in [0.717, 1.165) is 27.8 Å². The van der Waals surface area contributed by atoms with E-state index in [-0.39, 0.29) is 0 Å². The molecule has 0 unspecified atom stereocenters. The summed E-state index contributed by atoms with van der Waals surface area (Å²) < 4.78 is 2.15. The zero-order valence-electron chi connectivity index (χ0n) is 13.1.